The van der Waals surface area contributed by atoms with E-state index in [1.165, 1.54) is 51.4 Å². The Labute approximate surface area is 118 Å². The van der Waals surface area contributed by atoms with Crippen LogP contribution in [0.25, 0.3) is 0 Å². The van der Waals surface area contributed by atoms with Crippen LogP contribution in [0.2, 0.25) is 0 Å². The fraction of sp³-hybridized carbons (Fsp3) is 1.00. The van der Waals surface area contributed by atoms with Crippen LogP contribution in [0.15, 0.2) is 0 Å². The van der Waals surface area contributed by atoms with Crippen molar-refractivity contribution in [3.05, 3.63) is 0 Å². The molecule has 0 aromatic rings. The van der Waals surface area contributed by atoms with Crippen LogP contribution in [0.1, 0.15) is 58.3 Å². The van der Waals surface area contributed by atoms with Gasteiger partial charge in [0.2, 0.25) is 0 Å². The van der Waals surface area contributed by atoms with E-state index < -0.39 is 0 Å². The SMILES string of the molecule is COC1CCCCC1(CN)N(C)C1CCC(C)CC1. The summed E-state index contributed by atoms with van der Waals surface area (Å²) in [6.07, 6.45) is 10.7. The van der Waals surface area contributed by atoms with Gasteiger partial charge in [-0.05, 0) is 51.5 Å². The number of nitrogens with two attached hydrogens (primary N) is 1. The van der Waals surface area contributed by atoms with E-state index in [1.807, 2.05) is 7.11 Å². The molecule has 3 heteroatoms. The number of likely N-dealkylation sites (N-methyl/N-ethyl adjacent to an activating group) is 1. The highest BCUT2D eigenvalue weighted by atomic mass is 16.5. The summed E-state index contributed by atoms with van der Waals surface area (Å²) in [6.45, 7) is 3.11. The maximum Gasteiger partial charge on any atom is 0.0767 e. The number of hydrogen-bond donors (Lipinski definition) is 1. The summed E-state index contributed by atoms with van der Waals surface area (Å²) in [5, 5.41) is 0. The topological polar surface area (TPSA) is 38.5 Å². The van der Waals surface area contributed by atoms with Crippen LogP contribution in [0, 0.1) is 5.92 Å². The molecule has 3 nitrogen and oxygen atoms in total. The molecule has 0 aliphatic heterocycles. The van der Waals surface area contributed by atoms with Gasteiger partial charge in [0, 0.05) is 19.7 Å². The zero-order chi connectivity index (χ0) is 13.9. The molecule has 0 heterocycles. The molecule has 2 fully saturated rings. The van der Waals surface area contributed by atoms with E-state index in [-0.39, 0.29) is 5.54 Å². The van der Waals surface area contributed by atoms with Crippen molar-refractivity contribution in [2.45, 2.75) is 76.0 Å². The molecule has 2 rings (SSSR count). The van der Waals surface area contributed by atoms with E-state index in [0.717, 1.165) is 12.5 Å². The summed E-state index contributed by atoms with van der Waals surface area (Å²) in [6, 6.07) is 0.704. The molecule has 2 aliphatic carbocycles. The van der Waals surface area contributed by atoms with Gasteiger partial charge in [0.15, 0.2) is 0 Å². The van der Waals surface area contributed by atoms with Gasteiger partial charge in [-0.25, -0.2) is 0 Å². The van der Waals surface area contributed by atoms with Crippen molar-refractivity contribution in [2.24, 2.45) is 11.7 Å². The van der Waals surface area contributed by atoms with Crippen molar-refractivity contribution >= 4 is 0 Å². The molecule has 0 radical (unpaired) electrons. The Bertz CT molecular complexity index is 276. The second kappa shape index (κ2) is 6.55. The molecule has 19 heavy (non-hydrogen) atoms. The zero-order valence-electron chi connectivity index (χ0n) is 13.0. The van der Waals surface area contributed by atoms with Gasteiger partial charge < -0.3 is 10.5 Å². The monoisotopic (exact) mass is 268 g/mol. The summed E-state index contributed by atoms with van der Waals surface area (Å²) in [5.74, 6) is 0.906. The minimum Gasteiger partial charge on any atom is -0.379 e. The molecule has 0 amide bonds. The number of nitrogens with zero attached hydrogens (tertiary/aromatic N) is 1. The lowest BCUT2D eigenvalue weighted by molar-refractivity contribution is -0.0864. The van der Waals surface area contributed by atoms with E-state index in [2.05, 4.69) is 18.9 Å². The molecule has 0 bridgehead atoms. The molecule has 0 saturated heterocycles. The minimum atomic E-state index is 0.0816. The third-order valence-electron chi connectivity index (χ3n) is 5.80. The van der Waals surface area contributed by atoms with E-state index in [1.54, 1.807) is 0 Å². The van der Waals surface area contributed by atoms with Crippen LogP contribution in [0.5, 0.6) is 0 Å². The number of methoxy groups -OCH3 is 1. The number of ether oxygens (including phenoxy) is 1. The average molecular weight is 268 g/mol. The second-order valence-corrected chi connectivity index (χ2v) is 6.80. The molecule has 112 valence electrons. The van der Waals surface area contributed by atoms with Gasteiger partial charge in [-0.2, -0.15) is 0 Å². The van der Waals surface area contributed by atoms with Crippen molar-refractivity contribution in [3.8, 4) is 0 Å². The minimum absolute atomic E-state index is 0.0816. The van der Waals surface area contributed by atoms with Crippen LogP contribution in [0.3, 0.4) is 0 Å². The van der Waals surface area contributed by atoms with Gasteiger partial charge in [0.1, 0.15) is 0 Å². The first kappa shape index (κ1) is 15.3. The van der Waals surface area contributed by atoms with E-state index in [0.29, 0.717) is 12.1 Å². The molecule has 0 aromatic carbocycles. The Balaban J connectivity index is 2.10. The molecule has 0 spiro atoms. The van der Waals surface area contributed by atoms with E-state index >= 15 is 0 Å². The van der Waals surface area contributed by atoms with Crippen molar-refractivity contribution in [1.82, 2.24) is 4.90 Å². The van der Waals surface area contributed by atoms with Crippen LogP contribution in [0.4, 0.5) is 0 Å². The third kappa shape index (κ3) is 2.98. The summed E-state index contributed by atoms with van der Waals surface area (Å²) in [4.78, 5) is 2.60. The van der Waals surface area contributed by atoms with Gasteiger partial charge in [-0.1, -0.05) is 19.8 Å². The molecule has 2 aliphatic rings. The van der Waals surface area contributed by atoms with Crippen molar-refractivity contribution < 1.29 is 4.74 Å². The van der Waals surface area contributed by atoms with Crippen LogP contribution in [-0.2, 0) is 4.74 Å². The summed E-state index contributed by atoms with van der Waals surface area (Å²) < 4.78 is 5.81. The number of rotatable bonds is 4. The first-order valence-corrected chi connectivity index (χ1v) is 8.10. The van der Waals surface area contributed by atoms with Crippen LogP contribution in [-0.4, -0.2) is 43.3 Å². The molecule has 2 N–H and O–H groups in total. The summed E-state index contributed by atoms with van der Waals surface area (Å²) in [5.41, 5.74) is 6.30. The Kier molecular flexibility index (Phi) is 5.27. The molecule has 2 unspecified atom stereocenters. The summed E-state index contributed by atoms with van der Waals surface area (Å²) >= 11 is 0. The lowest BCUT2D eigenvalue weighted by atomic mass is 9.75. The zero-order valence-corrected chi connectivity index (χ0v) is 13.0. The van der Waals surface area contributed by atoms with E-state index in [4.69, 9.17) is 10.5 Å². The summed E-state index contributed by atoms with van der Waals surface area (Å²) in [7, 11) is 4.15. The molecular formula is C16H32N2O. The fourth-order valence-electron chi connectivity index (χ4n) is 4.30. The average Bonchev–Trinajstić information content (AvgIpc) is 2.47. The normalized spacial score (nSPS) is 40.6. The number of hydrogen-bond acceptors (Lipinski definition) is 3. The lowest BCUT2D eigenvalue weighted by Gasteiger charge is -2.52. The van der Waals surface area contributed by atoms with Crippen molar-refractivity contribution in [1.29, 1.82) is 0 Å². The highest BCUT2D eigenvalue weighted by Crippen LogP contribution is 2.38. The molecule has 2 atom stereocenters. The van der Waals surface area contributed by atoms with E-state index in [9.17, 15) is 0 Å². The first-order chi connectivity index (χ1) is 9.14. The van der Waals surface area contributed by atoms with Gasteiger partial charge in [0.05, 0.1) is 11.6 Å². The standard InChI is InChI=1S/C16H32N2O/c1-13-7-9-14(10-8-13)18(2)16(12-17)11-5-4-6-15(16)19-3/h13-15H,4-12,17H2,1-3H3. The predicted octanol–water partition coefficient (Wildman–Crippen LogP) is 2.78. The highest BCUT2D eigenvalue weighted by molar-refractivity contribution is 5.02. The first-order valence-electron chi connectivity index (χ1n) is 8.10. The maximum absolute atomic E-state index is 6.22. The Hall–Kier alpha value is -0.120. The molecule has 0 aromatic heterocycles. The van der Waals surface area contributed by atoms with Crippen molar-refractivity contribution in [3.63, 3.8) is 0 Å². The highest BCUT2D eigenvalue weighted by Gasteiger charge is 2.45. The van der Waals surface area contributed by atoms with Gasteiger partial charge in [0.25, 0.3) is 0 Å². The van der Waals surface area contributed by atoms with Crippen molar-refractivity contribution in [2.75, 3.05) is 20.7 Å². The Morgan fingerprint density at radius 2 is 1.84 bits per heavy atom. The van der Waals surface area contributed by atoms with Crippen LogP contribution >= 0.6 is 0 Å². The van der Waals surface area contributed by atoms with Gasteiger partial charge >= 0.3 is 0 Å². The Morgan fingerprint density at radius 3 is 2.42 bits per heavy atom. The van der Waals surface area contributed by atoms with Gasteiger partial charge in [-0.3, -0.25) is 4.90 Å². The molecular weight excluding hydrogens is 236 g/mol. The predicted molar refractivity (Wildman–Crippen MR) is 80.2 cm³/mol. The molecule has 2 saturated carbocycles. The third-order valence-corrected chi connectivity index (χ3v) is 5.80. The fourth-order valence-corrected chi connectivity index (χ4v) is 4.30. The second-order valence-electron chi connectivity index (χ2n) is 6.80. The van der Waals surface area contributed by atoms with Gasteiger partial charge in [-0.15, -0.1) is 0 Å². The largest absolute Gasteiger partial charge is 0.379 e. The van der Waals surface area contributed by atoms with Crippen LogP contribution < -0.4 is 5.73 Å². The lowest BCUT2D eigenvalue weighted by Crippen LogP contribution is -2.64. The quantitative estimate of drug-likeness (QED) is 0.852. The smallest absolute Gasteiger partial charge is 0.0767 e. The Morgan fingerprint density at radius 1 is 1.16 bits per heavy atom. The maximum atomic E-state index is 6.22.